The van der Waals surface area contributed by atoms with E-state index in [4.69, 9.17) is 9.47 Å². The van der Waals surface area contributed by atoms with E-state index in [0.29, 0.717) is 30.7 Å². The number of anilines is 2. The van der Waals surface area contributed by atoms with E-state index in [0.717, 1.165) is 27.9 Å². The minimum Gasteiger partial charge on any atom is -0.479 e. The highest BCUT2D eigenvalue weighted by Gasteiger charge is 2.40. The van der Waals surface area contributed by atoms with E-state index in [1.54, 1.807) is 6.20 Å². The van der Waals surface area contributed by atoms with Crippen LogP contribution in [-0.4, -0.2) is 38.7 Å². The van der Waals surface area contributed by atoms with Crippen molar-refractivity contribution in [1.82, 2.24) is 15.0 Å². The van der Waals surface area contributed by atoms with Crippen LogP contribution < -0.4 is 10.1 Å². The van der Waals surface area contributed by atoms with Gasteiger partial charge < -0.3 is 19.9 Å². The Morgan fingerprint density at radius 1 is 1.19 bits per heavy atom. The van der Waals surface area contributed by atoms with Gasteiger partial charge in [-0.2, -0.15) is 9.37 Å². The Morgan fingerprint density at radius 2 is 1.92 bits per heavy atom. The molecule has 1 aromatic carbocycles. The number of thiazole rings is 1. The van der Waals surface area contributed by atoms with E-state index in [-0.39, 0.29) is 23.7 Å². The van der Waals surface area contributed by atoms with Crippen molar-refractivity contribution in [3.63, 3.8) is 0 Å². The Hall–Kier alpha value is -3.11. The Labute approximate surface area is 213 Å². The molecule has 0 amide bonds. The van der Waals surface area contributed by atoms with Crippen molar-refractivity contribution in [3.05, 3.63) is 47.0 Å². The van der Waals surface area contributed by atoms with E-state index in [9.17, 15) is 14.3 Å². The molecule has 0 spiro atoms. The Balaban J connectivity index is 1.49. The number of methoxy groups -OCH3 is 1. The molecule has 4 rings (SSSR count). The van der Waals surface area contributed by atoms with Crippen LogP contribution in [0.2, 0.25) is 0 Å². The van der Waals surface area contributed by atoms with Gasteiger partial charge in [-0.3, -0.25) is 4.79 Å². The number of ether oxygens (including phenoxy) is 2. The number of nitrogens with zero attached hydrogens (tertiary/aromatic N) is 3. The summed E-state index contributed by atoms with van der Waals surface area (Å²) >= 11 is 1.44. The Kier molecular flexibility index (Phi) is 7.28. The van der Waals surface area contributed by atoms with Gasteiger partial charge in [0.25, 0.3) is 5.88 Å². The number of aromatic nitrogens is 3. The highest BCUT2D eigenvalue weighted by atomic mass is 32.1. The van der Waals surface area contributed by atoms with Crippen LogP contribution in [0.25, 0.3) is 10.4 Å². The van der Waals surface area contributed by atoms with Gasteiger partial charge >= 0.3 is 5.97 Å². The standard InChI is InChI=1S/C26H31FN4O4S/c1-15-10-17(12-18(11-15)30-24-29-13-19(27)21(31-24)34-5)20-14-28-23(36-20)26(33)8-6-16(7-9-26)22(32)35-25(2,3)4/h10-14,16,33H,6-9H2,1-5H3,(H,29,30,31)/t16-,26+. The van der Waals surface area contributed by atoms with Gasteiger partial charge in [-0.15, -0.1) is 11.3 Å². The molecule has 1 aliphatic rings. The molecule has 0 saturated heterocycles. The molecule has 0 radical (unpaired) electrons. The van der Waals surface area contributed by atoms with Crippen LogP contribution in [0, 0.1) is 18.7 Å². The number of halogens is 1. The zero-order valence-corrected chi connectivity index (χ0v) is 21.9. The van der Waals surface area contributed by atoms with Crippen LogP contribution in [0.1, 0.15) is 57.0 Å². The lowest BCUT2D eigenvalue weighted by atomic mass is 9.79. The van der Waals surface area contributed by atoms with Gasteiger partial charge in [0.2, 0.25) is 11.8 Å². The lowest BCUT2D eigenvalue weighted by Gasteiger charge is -2.34. The van der Waals surface area contributed by atoms with Crippen LogP contribution in [0.15, 0.2) is 30.6 Å². The average Bonchev–Trinajstić information content (AvgIpc) is 3.31. The first kappa shape index (κ1) is 26.0. The highest BCUT2D eigenvalue weighted by Crippen LogP contribution is 2.43. The zero-order chi connectivity index (χ0) is 26.1. The van der Waals surface area contributed by atoms with Crippen molar-refractivity contribution in [2.24, 2.45) is 5.92 Å². The van der Waals surface area contributed by atoms with Crippen molar-refractivity contribution < 1.29 is 23.8 Å². The number of carbonyl (C=O) groups excluding carboxylic acids is 1. The molecule has 8 nitrogen and oxygen atoms in total. The third-order valence-corrected chi connectivity index (χ3v) is 7.22. The fourth-order valence-electron chi connectivity index (χ4n) is 4.23. The maximum Gasteiger partial charge on any atom is 0.309 e. The van der Waals surface area contributed by atoms with Crippen molar-refractivity contribution in [2.45, 2.75) is 64.6 Å². The number of nitrogens with one attached hydrogen (secondary N) is 1. The fraction of sp³-hybridized carbons (Fsp3) is 0.462. The Morgan fingerprint density at radius 3 is 2.58 bits per heavy atom. The molecule has 2 heterocycles. The number of carbonyl (C=O) groups is 1. The number of aliphatic hydroxyl groups is 1. The number of benzene rings is 1. The van der Waals surface area contributed by atoms with E-state index in [1.165, 1.54) is 18.4 Å². The molecule has 2 N–H and O–H groups in total. The van der Waals surface area contributed by atoms with Gasteiger partial charge in [0.15, 0.2) is 0 Å². The normalized spacial score (nSPS) is 20.1. The predicted molar refractivity (Wildman–Crippen MR) is 136 cm³/mol. The fourth-order valence-corrected chi connectivity index (χ4v) is 5.28. The van der Waals surface area contributed by atoms with Gasteiger partial charge in [-0.1, -0.05) is 6.07 Å². The summed E-state index contributed by atoms with van der Waals surface area (Å²) in [6.45, 7) is 7.54. The van der Waals surface area contributed by atoms with Crippen LogP contribution >= 0.6 is 11.3 Å². The number of esters is 1. The van der Waals surface area contributed by atoms with Gasteiger partial charge in [0.1, 0.15) is 16.2 Å². The maximum atomic E-state index is 13.6. The molecule has 2 aromatic heterocycles. The van der Waals surface area contributed by atoms with Gasteiger partial charge in [-0.05, 0) is 76.6 Å². The molecule has 1 fully saturated rings. The summed E-state index contributed by atoms with van der Waals surface area (Å²) in [5.74, 6) is -0.968. The molecular weight excluding hydrogens is 483 g/mol. The quantitative estimate of drug-likeness (QED) is 0.414. The van der Waals surface area contributed by atoms with Crippen molar-refractivity contribution >= 4 is 28.9 Å². The molecule has 10 heteroatoms. The molecule has 0 unspecified atom stereocenters. The van der Waals surface area contributed by atoms with E-state index < -0.39 is 17.0 Å². The highest BCUT2D eigenvalue weighted by molar-refractivity contribution is 7.15. The van der Waals surface area contributed by atoms with E-state index >= 15 is 0 Å². The molecule has 192 valence electrons. The molecular formula is C26H31FN4O4S. The third kappa shape index (κ3) is 5.99. The summed E-state index contributed by atoms with van der Waals surface area (Å²) in [5.41, 5.74) is 1.05. The number of aryl methyl sites for hydroxylation is 1. The minimum atomic E-state index is -1.06. The lowest BCUT2D eigenvalue weighted by molar-refractivity contribution is -0.163. The van der Waals surface area contributed by atoms with Crippen LogP contribution in [0.4, 0.5) is 16.0 Å². The van der Waals surface area contributed by atoms with Crippen LogP contribution in [0.3, 0.4) is 0 Å². The molecule has 0 aliphatic heterocycles. The number of hydrogen-bond donors (Lipinski definition) is 2. The van der Waals surface area contributed by atoms with Gasteiger partial charge in [0.05, 0.1) is 24.1 Å². The van der Waals surface area contributed by atoms with Crippen LogP contribution in [-0.2, 0) is 15.1 Å². The summed E-state index contributed by atoms with van der Waals surface area (Å²) in [6.07, 6.45) is 4.83. The summed E-state index contributed by atoms with van der Waals surface area (Å²) in [4.78, 5) is 25.9. The summed E-state index contributed by atoms with van der Waals surface area (Å²) in [7, 11) is 1.35. The predicted octanol–water partition coefficient (Wildman–Crippen LogP) is 5.52. The lowest BCUT2D eigenvalue weighted by Crippen LogP contribution is -2.36. The second-order valence-electron chi connectivity index (χ2n) is 10.1. The second kappa shape index (κ2) is 10.1. The first-order valence-corrected chi connectivity index (χ1v) is 12.6. The smallest absolute Gasteiger partial charge is 0.309 e. The Bertz CT molecular complexity index is 1250. The first-order chi connectivity index (χ1) is 17.0. The van der Waals surface area contributed by atoms with Gasteiger partial charge in [-0.25, -0.2) is 9.97 Å². The minimum absolute atomic E-state index is 0.137. The van der Waals surface area contributed by atoms with Gasteiger partial charge in [0, 0.05) is 11.9 Å². The number of rotatable bonds is 6. The van der Waals surface area contributed by atoms with Crippen molar-refractivity contribution in [1.29, 1.82) is 0 Å². The first-order valence-electron chi connectivity index (χ1n) is 11.8. The summed E-state index contributed by atoms with van der Waals surface area (Å²) < 4.78 is 24.1. The average molecular weight is 515 g/mol. The third-order valence-electron chi connectivity index (χ3n) is 5.98. The molecule has 1 aliphatic carbocycles. The van der Waals surface area contributed by atoms with E-state index in [2.05, 4.69) is 20.3 Å². The molecule has 0 atom stereocenters. The molecule has 3 aromatic rings. The van der Waals surface area contributed by atoms with Crippen LogP contribution in [0.5, 0.6) is 5.88 Å². The molecule has 1 saturated carbocycles. The summed E-state index contributed by atoms with van der Waals surface area (Å²) in [5, 5.41) is 15.1. The largest absolute Gasteiger partial charge is 0.479 e. The zero-order valence-electron chi connectivity index (χ0n) is 21.1. The maximum absolute atomic E-state index is 13.6. The number of hydrogen-bond acceptors (Lipinski definition) is 9. The monoisotopic (exact) mass is 514 g/mol. The second-order valence-corrected chi connectivity index (χ2v) is 11.2. The van der Waals surface area contributed by atoms with Crippen molar-refractivity contribution in [3.8, 4) is 16.3 Å². The summed E-state index contributed by atoms with van der Waals surface area (Å²) in [6, 6.07) is 5.88. The van der Waals surface area contributed by atoms with Crippen molar-refractivity contribution in [2.75, 3.05) is 12.4 Å². The SMILES string of the molecule is COc1nc(Nc2cc(C)cc(-c3cnc([C@]4(O)CC[C@@H](C(=O)OC(C)(C)C)CC4)s3)c2)ncc1F. The van der Waals surface area contributed by atoms with E-state index in [1.807, 2.05) is 45.9 Å². The molecule has 36 heavy (non-hydrogen) atoms. The topological polar surface area (TPSA) is 106 Å². The molecule has 0 bridgehead atoms.